The van der Waals surface area contributed by atoms with Gasteiger partial charge < -0.3 is 5.73 Å². The maximum absolute atomic E-state index is 5.90. The Morgan fingerprint density at radius 1 is 1.42 bits per heavy atom. The van der Waals surface area contributed by atoms with Crippen molar-refractivity contribution in [3.8, 4) is 0 Å². The van der Waals surface area contributed by atoms with E-state index in [1.54, 1.807) is 11.3 Å². The zero-order chi connectivity index (χ0) is 8.72. The van der Waals surface area contributed by atoms with Crippen molar-refractivity contribution in [2.75, 3.05) is 5.73 Å². The highest BCUT2D eigenvalue weighted by molar-refractivity contribution is 7.17. The Morgan fingerprint density at radius 3 is 2.92 bits per heavy atom. The Morgan fingerprint density at radius 2 is 2.17 bits per heavy atom. The predicted octanol–water partition coefficient (Wildman–Crippen LogP) is 3.45. The molecular formula is C9H8ClNS. The lowest BCUT2D eigenvalue weighted by Gasteiger charge is -1.98. The summed E-state index contributed by atoms with van der Waals surface area (Å²) in [6.07, 6.45) is 0. The minimum Gasteiger partial charge on any atom is -0.398 e. The average Bonchev–Trinajstić information content (AvgIpc) is 2.31. The number of nitrogen functional groups attached to an aromatic ring is 1. The van der Waals surface area contributed by atoms with Crippen molar-refractivity contribution in [1.29, 1.82) is 0 Å². The van der Waals surface area contributed by atoms with Gasteiger partial charge in [-0.25, -0.2) is 0 Å². The van der Waals surface area contributed by atoms with Crippen molar-refractivity contribution >= 4 is 38.7 Å². The summed E-state index contributed by atoms with van der Waals surface area (Å²) in [4.78, 5) is 0. The molecule has 0 fully saturated rings. The van der Waals surface area contributed by atoms with Gasteiger partial charge in [0, 0.05) is 20.5 Å². The van der Waals surface area contributed by atoms with Crippen LogP contribution in [0.2, 0.25) is 5.02 Å². The van der Waals surface area contributed by atoms with Crippen LogP contribution in [0.4, 0.5) is 5.69 Å². The first-order valence-corrected chi connectivity index (χ1v) is 4.87. The van der Waals surface area contributed by atoms with Crippen LogP contribution in [0.25, 0.3) is 10.1 Å². The van der Waals surface area contributed by atoms with Gasteiger partial charge in [0.2, 0.25) is 0 Å². The lowest BCUT2D eigenvalue weighted by molar-refractivity contribution is 1.55. The fraction of sp³-hybridized carbons (Fsp3) is 0.111. The van der Waals surface area contributed by atoms with Crippen molar-refractivity contribution in [3.05, 3.63) is 28.1 Å². The lowest BCUT2D eigenvalue weighted by Crippen LogP contribution is -1.83. The molecule has 0 saturated heterocycles. The topological polar surface area (TPSA) is 26.0 Å². The molecule has 1 aromatic heterocycles. The van der Waals surface area contributed by atoms with Gasteiger partial charge in [0.25, 0.3) is 0 Å². The van der Waals surface area contributed by atoms with Crippen molar-refractivity contribution in [2.24, 2.45) is 0 Å². The van der Waals surface area contributed by atoms with Gasteiger partial charge in [-0.1, -0.05) is 11.6 Å². The first kappa shape index (κ1) is 7.90. The average molecular weight is 198 g/mol. The summed E-state index contributed by atoms with van der Waals surface area (Å²) in [6, 6.07) is 3.89. The van der Waals surface area contributed by atoms with Gasteiger partial charge in [0.15, 0.2) is 0 Å². The van der Waals surface area contributed by atoms with Crippen LogP contribution in [0.3, 0.4) is 0 Å². The van der Waals surface area contributed by atoms with Gasteiger partial charge in [0.1, 0.15) is 0 Å². The smallest absolute Gasteiger partial charge is 0.0505 e. The monoisotopic (exact) mass is 197 g/mol. The van der Waals surface area contributed by atoms with Gasteiger partial charge in [0.05, 0.1) is 5.69 Å². The Kier molecular flexibility index (Phi) is 1.74. The van der Waals surface area contributed by atoms with E-state index >= 15 is 0 Å². The molecule has 0 atom stereocenters. The Labute approximate surface area is 79.8 Å². The molecule has 2 N–H and O–H groups in total. The number of aryl methyl sites for hydroxylation is 1. The SMILES string of the molecule is Cc1cc(Cl)cc2scc(N)c12. The van der Waals surface area contributed by atoms with Crippen molar-refractivity contribution < 1.29 is 0 Å². The van der Waals surface area contributed by atoms with Gasteiger partial charge in [-0.2, -0.15) is 0 Å². The Balaban J connectivity index is 2.93. The maximum atomic E-state index is 5.90. The highest BCUT2D eigenvalue weighted by atomic mass is 35.5. The molecule has 1 nitrogen and oxygen atoms in total. The van der Waals surface area contributed by atoms with E-state index in [1.807, 2.05) is 24.4 Å². The van der Waals surface area contributed by atoms with Crippen molar-refractivity contribution in [1.82, 2.24) is 0 Å². The second-order valence-electron chi connectivity index (χ2n) is 2.79. The molecule has 12 heavy (non-hydrogen) atoms. The normalized spacial score (nSPS) is 10.8. The van der Waals surface area contributed by atoms with E-state index in [4.69, 9.17) is 17.3 Å². The first-order chi connectivity index (χ1) is 5.68. The number of hydrogen-bond donors (Lipinski definition) is 1. The van der Waals surface area contributed by atoms with E-state index in [2.05, 4.69) is 0 Å². The van der Waals surface area contributed by atoms with Crippen molar-refractivity contribution in [3.63, 3.8) is 0 Å². The number of halogens is 1. The number of benzene rings is 1. The second-order valence-corrected chi connectivity index (χ2v) is 4.13. The van der Waals surface area contributed by atoms with E-state index in [0.29, 0.717) is 0 Å². The lowest BCUT2D eigenvalue weighted by atomic mass is 10.1. The molecule has 1 aromatic carbocycles. The molecule has 0 amide bonds. The third-order valence-corrected chi connectivity index (χ3v) is 3.03. The summed E-state index contributed by atoms with van der Waals surface area (Å²) >= 11 is 7.53. The zero-order valence-corrected chi connectivity index (χ0v) is 8.17. The molecule has 3 heteroatoms. The van der Waals surface area contributed by atoms with Crippen LogP contribution < -0.4 is 5.73 Å². The van der Waals surface area contributed by atoms with Crippen LogP contribution in [0.15, 0.2) is 17.5 Å². The summed E-state index contributed by atoms with van der Waals surface area (Å²) in [5, 5.41) is 3.87. The summed E-state index contributed by atoms with van der Waals surface area (Å²) in [6.45, 7) is 2.03. The summed E-state index contributed by atoms with van der Waals surface area (Å²) in [5.74, 6) is 0. The number of nitrogens with two attached hydrogens (primary N) is 1. The van der Waals surface area contributed by atoms with Gasteiger partial charge >= 0.3 is 0 Å². The molecule has 0 aliphatic heterocycles. The van der Waals surface area contributed by atoms with Crippen LogP contribution in [0.1, 0.15) is 5.56 Å². The number of hydrogen-bond acceptors (Lipinski definition) is 2. The third kappa shape index (κ3) is 1.08. The van der Waals surface area contributed by atoms with Crippen LogP contribution in [0, 0.1) is 6.92 Å². The summed E-state index contributed by atoms with van der Waals surface area (Å²) in [7, 11) is 0. The number of rotatable bonds is 0. The van der Waals surface area contributed by atoms with Gasteiger partial charge in [-0.15, -0.1) is 11.3 Å². The molecule has 0 radical (unpaired) electrons. The predicted molar refractivity (Wildman–Crippen MR) is 56.0 cm³/mol. The molecule has 0 aliphatic rings. The van der Waals surface area contributed by atoms with E-state index in [-0.39, 0.29) is 0 Å². The van der Waals surface area contributed by atoms with E-state index in [9.17, 15) is 0 Å². The molecular weight excluding hydrogens is 190 g/mol. The highest BCUT2D eigenvalue weighted by Gasteiger charge is 2.04. The summed E-state index contributed by atoms with van der Waals surface area (Å²) in [5.41, 5.74) is 7.79. The molecule has 2 rings (SSSR count). The minimum atomic E-state index is 0.779. The molecule has 0 saturated carbocycles. The Hall–Kier alpha value is -0.730. The van der Waals surface area contributed by atoms with Crippen LogP contribution in [-0.4, -0.2) is 0 Å². The van der Waals surface area contributed by atoms with Crippen molar-refractivity contribution in [2.45, 2.75) is 6.92 Å². The third-order valence-electron chi connectivity index (χ3n) is 1.87. The van der Waals surface area contributed by atoms with Gasteiger partial charge in [-0.3, -0.25) is 0 Å². The standard InChI is InChI=1S/C9H8ClNS/c1-5-2-6(10)3-8-9(5)7(11)4-12-8/h2-4H,11H2,1H3. The fourth-order valence-corrected chi connectivity index (χ4v) is 2.66. The molecule has 0 spiro atoms. The number of fused-ring (bicyclic) bond motifs is 1. The molecule has 0 unspecified atom stereocenters. The zero-order valence-electron chi connectivity index (χ0n) is 6.60. The Bertz CT molecular complexity index is 433. The minimum absolute atomic E-state index is 0.779. The molecule has 1 heterocycles. The number of anilines is 1. The van der Waals surface area contributed by atoms with E-state index < -0.39 is 0 Å². The molecule has 62 valence electrons. The quantitative estimate of drug-likeness (QED) is 0.688. The second kappa shape index (κ2) is 2.64. The fourth-order valence-electron chi connectivity index (χ4n) is 1.36. The largest absolute Gasteiger partial charge is 0.398 e. The van der Waals surface area contributed by atoms with Gasteiger partial charge in [-0.05, 0) is 24.6 Å². The van der Waals surface area contributed by atoms with Crippen LogP contribution >= 0.6 is 22.9 Å². The van der Waals surface area contributed by atoms with Crippen LogP contribution in [-0.2, 0) is 0 Å². The van der Waals surface area contributed by atoms with E-state index in [0.717, 1.165) is 26.4 Å². The van der Waals surface area contributed by atoms with E-state index in [1.165, 1.54) is 0 Å². The first-order valence-electron chi connectivity index (χ1n) is 3.61. The summed E-state index contributed by atoms with van der Waals surface area (Å²) < 4.78 is 1.16. The number of thiophene rings is 1. The maximum Gasteiger partial charge on any atom is 0.0505 e. The molecule has 0 aliphatic carbocycles. The molecule has 2 aromatic rings. The molecule has 0 bridgehead atoms. The van der Waals surface area contributed by atoms with Crippen LogP contribution in [0.5, 0.6) is 0 Å². The highest BCUT2D eigenvalue weighted by Crippen LogP contribution is 2.32.